The van der Waals surface area contributed by atoms with Crippen LogP contribution in [0.15, 0.2) is 11.5 Å². The molecule has 0 unspecified atom stereocenters. The van der Waals surface area contributed by atoms with Gasteiger partial charge in [0, 0.05) is 19.2 Å². The van der Waals surface area contributed by atoms with Crippen molar-refractivity contribution in [3.63, 3.8) is 0 Å². The smallest absolute Gasteiger partial charge is 0.218 e. The maximum atomic E-state index is 10.4. The molecule has 1 amide bonds. The first-order valence-electron chi connectivity index (χ1n) is 3.45. The Balaban J connectivity index is 2.33. The average molecular weight is 186 g/mol. The zero-order chi connectivity index (χ0) is 8.97. The minimum Gasteiger partial charge on any atom is -0.370 e. The molecule has 0 spiro atoms. The fourth-order valence-corrected chi connectivity index (χ4v) is 1.49. The van der Waals surface area contributed by atoms with Crippen molar-refractivity contribution in [1.82, 2.24) is 14.8 Å². The van der Waals surface area contributed by atoms with Crippen LogP contribution in [0.2, 0.25) is 0 Å². The number of amides is 1. The summed E-state index contributed by atoms with van der Waals surface area (Å²) < 4.78 is 1.80. The molecule has 0 saturated carbocycles. The SMILES string of the molecule is Cn1cnnc1SCCC(N)=O. The van der Waals surface area contributed by atoms with Crippen molar-refractivity contribution in [2.75, 3.05) is 5.75 Å². The molecule has 0 aliphatic carbocycles. The third kappa shape index (κ3) is 2.54. The third-order valence-electron chi connectivity index (χ3n) is 1.25. The first-order valence-corrected chi connectivity index (χ1v) is 4.44. The second kappa shape index (κ2) is 4.10. The Labute approximate surface area is 74.3 Å². The zero-order valence-electron chi connectivity index (χ0n) is 6.73. The summed E-state index contributed by atoms with van der Waals surface area (Å²) in [6.07, 6.45) is 1.99. The van der Waals surface area contributed by atoms with Crippen LogP contribution in [0.1, 0.15) is 6.42 Å². The topological polar surface area (TPSA) is 73.8 Å². The molecule has 0 aliphatic heterocycles. The molecule has 0 aromatic carbocycles. The fourth-order valence-electron chi connectivity index (χ4n) is 0.646. The van der Waals surface area contributed by atoms with E-state index in [2.05, 4.69) is 10.2 Å². The lowest BCUT2D eigenvalue weighted by Crippen LogP contribution is -2.11. The number of aromatic nitrogens is 3. The van der Waals surface area contributed by atoms with Crippen LogP contribution in [-0.4, -0.2) is 26.4 Å². The number of carbonyl (C=O) groups excluding carboxylic acids is 1. The number of hydrogen-bond donors (Lipinski definition) is 1. The average Bonchev–Trinajstić information content (AvgIpc) is 2.36. The summed E-state index contributed by atoms with van der Waals surface area (Å²) in [5.74, 6) is 0.367. The van der Waals surface area contributed by atoms with Gasteiger partial charge in [0.15, 0.2) is 5.16 Å². The monoisotopic (exact) mass is 186 g/mol. The first kappa shape index (κ1) is 9.05. The molecule has 1 rings (SSSR count). The third-order valence-corrected chi connectivity index (χ3v) is 2.29. The quantitative estimate of drug-likeness (QED) is 0.660. The predicted octanol–water partition coefficient (Wildman–Crippen LogP) is -0.217. The van der Waals surface area contributed by atoms with Gasteiger partial charge in [-0.1, -0.05) is 11.8 Å². The highest BCUT2D eigenvalue weighted by Gasteiger charge is 2.01. The minimum atomic E-state index is -0.287. The number of nitrogens with zero attached hydrogens (tertiary/aromatic N) is 3. The molecule has 0 fully saturated rings. The van der Waals surface area contributed by atoms with Crippen LogP contribution in [0, 0.1) is 0 Å². The second-order valence-electron chi connectivity index (χ2n) is 2.29. The number of carbonyl (C=O) groups is 1. The van der Waals surface area contributed by atoms with E-state index in [4.69, 9.17) is 5.73 Å². The van der Waals surface area contributed by atoms with Gasteiger partial charge in [0.05, 0.1) is 0 Å². The predicted molar refractivity (Wildman–Crippen MR) is 45.5 cm³/mol. The molecule has 0 atom stereocenters. The van der Waals surface area contributed by atoms with Gasteiger partial charge in [-0.25, -0.2) is 0 Å². The van der Waals surface area contributed by atoms with E-state index in [-0.39, 0.29) is 5.91 Å². The normalized spacial score (nSPS) is 10.1. The molecular weight excluding hydrogens is 176 g/mol. The van der Waals surface area contributed by atoms with Gasteiger partial charge >= 0.3 is 0 Å². The van der Waals surface area contributed by atoms with E-state index in [0.717, 1.165) is 5.16 Å². The number of hydrogen-bond acceptors (Lipinski definition) is 4. The molecule has 1 aromatic rings. The maximum Gasteiger partial charge on any atom is 0.218 e. The van der Waals surface area contributed by atoms with Crippen molar-refractivity contribution in [3.8, 4) is 0 Å². The van der Waals surface area contributed by atoms with Gasteiger partial charge in [0.2, 0.25) is 5.91 Å². The Morgan fingerprint density at radius 2 is 2.58 bits per heavy atom. The van der Waals surface area contributed by atoms with Crippen molar-refractivity contribution in [2.45, 2.75) is 11.6 Å². The van der Waals surface area contributed by atoms with E-state index < -0.39 is 0 Å². The highest BCUT2D eigenvalue weighted by atomic mass is 32.2. The summed E-state index contributed by atoms with van der Waals surface area (Å²) in [7, 11) is 1.85. The molecule has 0 saturated heterocycles. The molecule has 5 nitrogen and oxygen atoms in total. The van der Waals surface area contributed by atoms with Crippen molar-refractivity contribution in [3.05, 3.63) is 6.33 Å². The lowest BCUT2D eigenvalue weighted by Gasteiger charge is -1.97. The van der Waals surface area contributed by atoms with Crippen molar-refractivity contribution in [2.24, 2.45) is 12.8 Å². The molecular formula is C6H10N4OS. The minimum absolute atomic E-state index is 0.287. The van der Waals surface area contributed by atoms with Gasteiger partial charge in [-0.15, -0.1) is 10.2 Å². The Morgan fingerprint density at radius 3 is 3.08 bits per heavy atom. The number of aryl methyl sites for hydroxylation is 1. The summed E-state index contributed by atoms with van der Waals surface area (Å²) in [4.78, 5) is 10.4. The van der Waals surface area contributed by atoms with Gasteiger partial charge < -0.3 is 10.3 Å². The van der Waals surface area contributed by atoms with E-state index in [1.807, 2.05) is 7.05 Å². The number of thioether (sulfide) groups is 1. The molecule has 12 heavy (non-hydrogen) atoms. The van der Waals surface area contributed by atoms with Crippen LogP contribution in [0.4, 0.5) is 0 Å². The van der Waals surface area contributed by atoms with Crippen LogP contribution in [-0.2, 0) is 11.8 Å². The van der Waals surface area contributed by atoms with E-state index in [1.54, 1.807) is 10.9 Å². The van der Waals surface area contributed by atoms with Gasteiger partial charge in [0.1, 0.15) is 6.33 Å². The first-order chi connectivity index (χ1) is 5.70. The van der Waals surface area contributed by atoms with Gasteiger partial charge in [-0.05, 0) is 0 Å². The number of nitrogens with two attached hydrogens (primary N) is 1. The lowest BCUT2D eigenvalue weighted by molar-refractivity contribution is -0.117. The Hall–Kier alpha value is -1.04. The lowest BCUT2D eigenvalue weighted by atomic mass is 10.5. The van der Waals surface area contributed by atoms with Crippen LogP contribution >= 0.6 is 11.8 Å². The van der Waals surface area contributed by atoms with Gasteiger partial charge in [0.25, 0.3) is 0 Å². The maximum absolute atomic E-state index is 10.4. The van der Waals surface area contributed by atoms with Crippen molar-refractivity contribution in [1.29, 1.82) is 0 Å². The van der Waals surface area contributed by atoms with Crippen LogP contribution < -0.4 is 5.73 Å². The van der Waals surface area contributed by atoms with Gasteiger partial charge in [-0.2, -0.15) is 0 Å². The Kier molecular flexibility index (Phi) is 3.09. The second-order valence-corrected chi connectivity index (χ2v) is 3.35. The summed E-state index contributed by atoms with van der Waals surface area (Å²) in [5, 5.41) is 8.33. The molecule has 2 N–H and O–H groups in total. The molecule has 0 radical (unpaired) electrons. The highest BCUT2D eigenvalue weighted by molar-refractivity contribution is 7.99. The molecule has 66 valence electrons. The van der Waals surface area contributed by atoms with E-state index >= 15 is 0 Å². The van der Waals surface area contributed by atoms with Crippen molar-refractivity contribution < 1.29 is 4.79 Å². The van der Waals surface area contributed by atoms with Crippen LogP contribution in [0.5, 0.6) is 0 Å². The zero-order valence-corrected chi connectivity index (χ0v) is 7.54. The molecule has 1 aromatic heterocycles. The summed E-state index contributed by atoms with van der Waals surface area (Å²) in [6, 6.07) is 0. The van der Waals surface area contributed by atoms with E-state index in [9.17, 15) is 4.79 Å². The van der Waals surface area contributed by atoms with Crippen LogP contribution in [0.3, 0.4) is 0 Å². The summed E-state index contributed by atoms with van der Waals surface area (Å²) in [6.45, 7) is 0. The van der Waals surface area contributed by atoms with Crippen molar-refractivity contribution >= 4 is 17.7 Å². The molecule has 0 bridgehead atoms. The highest BCUT2D eigenvalue weighted by Crippen LogP contribution is 2.13. The summed E-state index contributed by atoms with van der Waals surface area (Å²) >= 11 is 1.47. The van der Waals surface area contributed by atoms with E-state index in [0.29, 0.717) is 12.2 Å². The summed E-state index contributed by atoms with van der Waals surface area (Å²) in [5.41, 5.74) is 4.97. The fraction of sp³-hybridized carbons (Fsp3) is 0.500. The van der Waals surface area contributed by atoms with Crippen LogP contribution in [0.25, 0.3) is 0 Å². The molecule has 6 heteroatoms. The molecule has 1 heterocycles. The number of primary amides is 1. The Bertz CT molecular complexity index is 272. The number of rotatable bonds is 4. The largest absolute Gasteiger partial charge is 0.370 e. The standard InChI is InChI=1S/C6H10N4OS/c1-10-4-8-9-6(10)12-3-2-5(7)11/h4H,2-3H2,1H3,(H2,7,11). The van der Waals surface area contributed by atoms with E-state index in [1.165, 1.54) is 11.8 Å². The Morgan fingerprint density at radius 1 is 1.83 bits per heavy atom. The molecule has 0 aliphatic rings. The van der Waals surface area contributed by atoms with Gasteiger partial charge in [-0.3, -0.25) is 4.79 Å².